The van der Waals surface area contributed by atoms with E-state index in [9.17, 15) is 23.5 Å². The molecule has 1 amide bonds. The number of carbonyl (C=O) groups is 2. The van der Waals surface area contributed by atoms with E-state index in [0.717, 1.165) is 6.07 Å². The smallest absolute Gasteiger partial charge is 0.412 e. The van der Waals surface area contributed by atoms with E-state index in [1.54, 1.807) is 20.8 Å². The number of hydrogen-bond acceptors (Lipinski definition) is 4. The Labute approximate surface area is 132 Å². The number of aliphatic carboxylic acids is 1. The molecule has 0 aromatic heterocycles. The highest BCUT2D eigenvalue weighted by Gasteiger charge is 2.26. The molecule has 3 N–H and O–H groups in total. The predicted octanol–water partition coefficient (Wildman–Crippen LogP) is 3.56. The summed E-state index contributed by atoms with van der Waals surface area (Å²) in [5, 5.41) is 20.8. The second-order valence-electron chi connectivity index (χ2n) is 5.94. The van der Waals surface area contributed by atoms with Gasteiger partial charge in [0, 0.05) is 0 Å². The molecule has 1 rings (SSSR count). The SMILES string of the molecule is CC(C)(C)OC(=O)Nc1ccc(C(CC(=O)O)C(F)F)cc1O. The summed E-state index contributed by atoms with van der Waals surface area (Å²) >= 11 is 0. The summed E-state index contributed by atoms with van der Waals surface area (Å²) < 4.78 is 30.9. The number of anilines is 1. The minimum atomic E-state index is -2.89. The largest absolute Gasteiger partial charge is 0.506 e. The van der Waals surface area contributed by atoms with Crippen LogP contribution >= 0.6 is 0 Å². The number of phenolic OH excluding ortho intramolecular Hbond substituents is 1. The van der Waals surface area contributed by atoms with Crippen molar-refractivity contribution in [3.05, 3.63) is 23.8 Å². The number of carboxylic acids is 1. The minimum absolute atomic E-state index is 0.0219. The Morgan fingerprint density at radius 1 is 1.30 bits per heavy atom. The predicted molar refractivity (Wildman–Crippen MR) is 79.0 cm³/mol. The van der Waals surface area contributed by atoms with Gasteiger partial charge in [-0.05, 0) is 38.5 Å². The van der Waals surface area contributed by atoms with E-state index in [0.29, 0.717) is 0 Å². The molecule has 0 spiro atoms. The highest BCUT2D eigenvalue weighted by molar-refractivity contribution is 5.87. The molecule has 1 unspecified atom stereocenters. The van der Waals surface area contributed by atoms with Gasteiger partial charge in [0.25, 0.3) is 0 Å². The average molecular weight is 331 g/mol. The van der Waals surface area contributed by atoms with Gasteiger partial charge in [-0.2, -0.15) is 0 Å². The maximum Gasteiger partial charge on any atom is 0.412 e. The molecule has 0 aliphatic carbocycles. The number of carboxylic acid groups (broad SMARTS) is 1. The summed E-state index contributed by atoms with van der Waals surface area (Å²) in [5.74, 6) is -3.37. The van der Waals surface area contributed by atoms with Crippen LogP contribution in [0.3, 0.4) is 0 Å². The molecule has 0 heterocycles. The summed E-state index contributed by atoms with van der Waals surface area (Å²) in [6.45, 7) is 4.98. The molecule has 1 aromatic rings. The second kappa shape index (κ2) is 7.26. The fourth-order valence-electron chi connectivity index (χ4n) is 1.84. The molecule has 0 aliphatic rings. The number of phenols is 1. The third kappa shape index (κ3) is 6.09. The van der Waals surface area contributed by atoms with Crippen molar-refractivity contribution in [3.63, 3.8) is 0 Å². The summed E-state index contributed by atoms with van der Waals surface area (Å²) in [6, 6.07) is 3.45. The number of nitrogens with one attached hydrogen (secondary N) is 1. The maximum atomic E-state index is 12.9. The molecular formula is C15H19F2NO5. The van der Waals surface area contributed by atoms with E-state index in [4.69, 9.17) is 9.84 Å². The summed E-state index contributed by atoms with van der Waals surface area (Å²) in [6.07, 6.45) is -4.47. The lowest BCUT2D eigenvalue weighted by molar-refractivity contribution is -0.138. The van der Waals surface area contributed by atoms with Crippen LogP contribution < -0.4 is 5.32 Å². The molecule has 0 radical (unpaired) electrons. The Morgan fingerprint density at radius 2 is 1.91 bits per heavy atom. The van der Waals surface area contributed by atoms with Crippen molar-refractivity contribution < 1.29 is 33.3 Å². The van der Waals surface area contributed by atoms with Crippen molar-refractivity contribution in [1.82, 2.24) is 0 Å². The molecule has 1 aromatic carbocycles. The van der Waals surface area contributed by atoms with E-state index >= 15 is 0 Å². The summed E-state index contributed by atoms with van der Waals surface area (Å²) in [7, 11) is 0. The number of halogens is 2. The Kier molecular flexibility index (Phi) is 5.89. The zero-order chi connectivity index (χ0) is 17.8. The molecule has 0 aliphatic heterocycles. The Morgan fingerprint density at radius 3 is 2.35 bits per heavy atom. The quantitative estimate of drug-likeness (QED) is 0.717. The van der Waals surface area contributed by atoms with Gasteiger partial charge in [0.1, 0.15) is 11.4 Å². The first-order chi connectivity index (χ1) is 10.5. The van der Waals surface area contributed by atoms with Crippen LogP contribution in [0.15, 0.2) is 18.2 Å². The Bertz CT molecular complexity index is 584. The standard InChI is InChI=1S/C15H19F2NO5/c1-15(2,3)23-14(22)18-10-5-4-8(6-11(10)19)9(13(16)17)7-12(20)21/h4-6,9,13,19H,7H2,1-3H3,(H,18,22)(H,20,21). The van der Waals surface area contributed by atoms with E-state index in [-0.39, 0.29) is 11.3 Å². The highest BCUT2D eigenvalue weighted by Crippen LogP contribution is 2.33. The lowest BCUT2D eigenvalue weighted by atomic mass is 9.95. The molecule has 0 bridgehead atoms. The highest BCUT2D eigenvalue weighted by atomic mass is 19.3. The Hall–Kier alpha value is -2.38. The zero-order valence-electron chi connectivity index (χ0n) is 13.0. The van der Waals surface area contributed by atoms with E-state index in [1.165, 1.54) is 12.1 Å². The van der Waals surface area contributed by atoms with Crippen molar-refractivity contribution in [2.45, 2.75) is 45.1 Å². The molecule has 0 saturated heterocycles. The van der Waals surface area contributed by atoms with Crippen LogP contribution in [-0.2, 0) is 9.53 Å². The van der Waals surface area contributed by atoms with Gasteiger partial charge < -0.3 is 14.9 Å². The van der Waals surface area contributed by atoms with Crippen LogP contribution in [0, 0.1) is 0 Å². The fourth-order valence-corrected chi connectivity index (χ4v) is 1.84. The van der Waals surface area contributed by atoms with Crippen LogP contribution in [0.5, 0.6) is 5.75 Å². The van der Waals surface area contributed by atoms with E-state index < -0.39 is 42.2 Å². The lowest BCUT2D eigenvalue weighted by Gasteiger charge is -2.20. The molecule has 0 saturated carbocycles. The van der Waals surface area contributed by atoms with Crippen LogP contribution in [0.25, 0.3) is 0 Å². The first-order valence-electron chi connectivity index (χ1n) is 6.82. The van der Waals surface area contributed by atoms with Crippen LogP contribution in [0.1, 0.15) is 38.7 Å². The molecule has 8 heteroatoms. The van der Waals surface area contributed by atoms with Gasteiger partial charge in [0.05, 0.1) is 18.0 Å². The number of rotatable bonds is 5. The summed E-state index contributed by atoms with van der Waals surface area (Å²) in [5.41, 5.74) is -0.789. The van der Waals surface area contributed by atoms with E-state index in [1.807, 2.05) is 0 Å². The van der Waals surface area contributed by atoms with Crippen molar-refractivity contribution in [2.24, 2.45) is 0 Å². The molecule has 128 valence electrons. The molecule has 6 nitrogen and oxygen atoms in total. The minimum Gasteiger partial charge on any atom is -0.506 e. The van der Waals surface area contributed by atoms with E-state index in [2.05, 4.69) is 5.32 Å². The van der Waals surface area contributed by atoms with Crippen molar-refractivity contribution in [1.29, 1.82) is 0 Å². The van der Waals surface area contributed by atoms with Gasteiger partial charge in [-0.3, -0.25) is 10.1 Å². The van der Waals surface area contributed by atoms with Crippen LogP contribution in [-0.4, -0.2) is 34.3 Å². The first kappa shape index (κ1) is 18.7. The first-order valence-corrected chi connectivity index (χ1v) is 6.82. The van der Waals surface area contributed by atoms with Crippen molar-refractivity contribution in [2.75, 3.05) is 5.32 Å². The second-order valence-corrected chi connectivity index (χ2v) is 5.94. The van der Waals surface area contributed by atoms with Gasteiger partial charge in [-0.1, -0.05) is 6.07 Å². The number of hydrogen-bond donors (Lipinski definition) is 3. The van der Waals surface area contributed by atoms with Crippen LogP contribution in [0.2, 0.25) is 0 Å². The molecular weight excluding hydrogens is 312 g/mol. The normalized spacial score (nSPS) is 12.8. The van der Waals surface area contributed by atoms with Gasteiger partial charge in [0.2, 0.25) is 6.43 Å². The number of carbonyl (C=O) groups excluding carboxylic acids is 1. The summed E-state index contributed by atoms with van der Waals surface area (Å²) in [4.78, 5) is 22.3. The lowest BCUT2D eigenvalue weighted by Crippen LogP contribution is -2.27. The third-order valence-corrected chi connectivity index (χ3v) is 2.78. The van der Waals surface area contributed by atoms with Crippen molar-refractivity contribution >= 4 is 17.7 Å². The van der Waals surface area contributed by atoms with Gasteiger partial charge in [-0.15, -0.1) is 0 Å². The third-order valence-electron chi connectivity index (χ3n) is 2.78. The maximum absolute atomic E-state index is 12.9. The zero-order valence-corrected chi connectivity index (χ0v) is 13.0. The van der Waals surface area contributed by atoms with Gasteiger partial charge in [0.15, 0.2) is 0 Å². The molecule has 23 heavy (non-hydrogen) atoms. The van der Waals surface area contributed by atoms with Crippen LogP contribution in [0.4, 0.5) is 19.3 Å². The number of aromatic hydroxyl groups is 1. The Balaban J connectivity index is 2.92. The number of ether oxygens (including phenoxy) is 1. The number of alkyl halides is 2. The average Bonchev–Trinajstić information content (AvgIpc) is 2.35. The van der Waals surface area contributed by atoms with Gasteiger partial charge >= 0.3 is 12.1 Å². The number of amides is 1. The molecule has 1 atom stereocenters. The fraction of sp³-hybridized carbons (Fsp3) is 0.467. The van der Waals surface area contributed by atoms with Crippen molar-refractivity contribution in [3.8, 4) is 5.75 Å². The number of benzene rings is 1. The topological polar surface area (TPSA) is 95.9 Å². The monoisotopic (exact) mass is 331 g/mol. The molecule has 0 fully saturated rings. The van der Waals surface area contributed by atoms with Gasteiger partial charge in [-0.25, -0.2) is 13.6 Å².